The van der Waals surface area contributed by atoms with Crippen LogP contribution in [0.5, 0.6) is 0 Å². The molecule has 0 radical (unpaired) electrons. The van der Waals surface area contributed by atoms with Crippen LogP contribution in [-0.4, -0.2) is 56.3 Å². The van der Waals surface area contributed by atoms with Gasteiger partial charge in [-0.15, -0.1) is 0 Å². The van der Waals surface area contributed by atoms with Crippen LogP contribution in [0.25, 0.3) is 0 Å². The maximum atomic E-state index is 12.6. The van der Waals surface area contributed by atoms with E-state index in [4.69, 9.17) is 9.47 Å². The third-order valence-corrected chi connectivity index (χ3v) is 6.75. The van der Waals surface area contributed by atoms with Gasteiger partial charge in [0.2, 0.25) is 0 Å². The summed E-state index contributed by atoms with van der Waals surface area (Å²) in [4.78, 5) is 25.1. The normalized spacial score (nSPS) is 12.3. The van der Waals surface area contributed by atoms with Crippen molar-refractivity contribution in [3.8, 4) is 0 Å². The highest BCUT2D eigenvalue weighted by Gasteiger charge is 2.23. The van der Waals surface area contributed by atoms with Crippen LogP contribution in [-0.2, 0) is 20.3 Å². The van der Waals surface area contributed by atoms with Crippen molar-refractivity contribution in [1.82, 2.24) is 0 Å². The van der Waals surface area contributed by atoms with Crippen molar-refractivity contribution in [2.24, 2.45) is 0 Å². The monoisotopic (exact) mass is 496 g/mol. The van der Waals surface area contributed by atoms with Crippen LogP contribution in [0.1, 0.15) is 93.2 Å². The molecule has 0 fully saturated rings. The first-order valence-corrected chi connectivity index (χ1v) is 13.1. The van der Waals surface area contributed by atoms with E-state index in [1.54, 1.807) is 0 Å². The molecular weight excluding hydrogens is 450 g/mol. The Bertz CT molecular complexity index is 904. The fraction of sp³-hybridized carbons (Fsp3) is 0.548. The largest absolute Gasteiger partial charge is 0.456 e. The number of benzene rings is 2. The molecule has 5 nitrogen and oxygen atoms in total. The Morgan fingerprint density at radius 2 is 1.03 bits per heavy atom. The second kappa shape index (κ2) is 12.5. The van der Waals surface area contributed by atoms with Crippen LogP contribution >= 0.6 is 0 Å². The van der Waals surface area contributed by atoms with Crippen LogP contribution in [0.2, 0.25) is 0 Å². The van der Waals surface area contributed by atoms with Gasteiger partial charge in [0.15, 0.2) is 0 Å². The zero-order chi connectivity index (χ0) is 27.0. The number of unbranched alkanes of at least 4 members (excludes halogenated alkanes) is 1. The average Bonchev–Trinajstić information content (AvgIpc) is 2.82. The first kappa shape index (κ1) is 29.6. The van der Waals surface area contributed by atoms with Gasteiger partial charge in [-0.2, -0.15) is 0 Å². The molecule has 36 heavy (non-hydrogen) atoms. The maximum Gasteiger partial charge on any atom is 0.338 e. The Morgan fingerprint density at radius 3 is 1.33 bits per heavy atom. The molecule has 0 heterocycles. The number of ether oxygens (including phenoxy) is 2. The number of likely N-dealkylation sites (N-methyl/N-ethyl adjacent to an activating group) is 1. The molecule has 0 aliphatic heterocycles. The van der Waals surface area contributed by atoms with E-state index in [9.17, 15) is 9.59 Å². The van der Waals surface area contributed by atoms with E-state index < -0.39 is 0 Å². The van der Waals surface area contributed by atoms with Gasteiger partial charge in [-0.3, -0.25) is 0 Å². The summed E-state index contributed by atoms with van der Waals surface area (Å²) in [7, 11) is 2.13. The first-order valence-electron chi connectivity index (χ1n) is 13.1. The lowest BCUT2D eigenvalue weighted by atomic mass is 9.87. The smallest absolute Gasteiger partial charge is 0.338 e. The van der Waals surface area contributed by atoms with E-state index in [0.29, 0.717) is 41.9 Å². The second-order valence-electron chi connectivity index (χ2n) is 12.1. The summed E-state index contributed by atoms with van der Waals surface area (Å²) in [6.07, 6.45) is 2.13. The lowest BCUT2D eigenvalue weighted by molar-refractivity contribution is -0.910. The van der Waals surface area contributed by atoms with Crippen molar-refractivity contribution >= 4 is 11.9 Å². The molecule has 0 atom stereocenters. The maximum absolute atomic E-state index is 12.6. The Hall–Kier alpha value is -2.66. The van der Waals surface area contributed by atoms with E-state index in [1.807, 2.05) is 48.5 Å². The number of hydrogen-bond donors (Lipinski definition) is 0. The summed E-state index contributed by atoms with van der Waals surface area (Å²) in [5.41, 5.74) is 3.58. The van der Waals surface area contributed by atoms with Crippen LogP contribution in [0.3, 0.4) is 0 Å². The lowest BCUT2D eigenvalue weighted by Gasteiger charge is -2.34. The van der Waals surface area contributed by atoms with Crippen molar-refractivity contribution in [2.45, 2.75) is 72.1 Å². The van der Waals surface area contributed by atoms with Crippen molar-refractivity contribution in [1.29, 1.82) is 0 Å². The number of esters is 2. The summed E-state index contributed by atoms with van der Waals surface area (Å²) < 4.78 is 11.9. The molecule has 0 aliphatic carbocycles. The molecule has 198 valence electrons. The van der Waals surface area contributed by atoms with Gasteiger partial charge < -0.3 is 14.0 Å². The van der Waals surface area contributed by atoms with Gasteiger partial charge in [0, 0.05) is 0 Å². The van der Waals surface area contributed by atoms with Crippen molar-refractivity contribution in [2.75, 3.05) is 39.9 Å². The molecule has 2 rings (SSSR count). The fourth-order valence-electron chi connectivity index (χ4n) is 3.97. The Balaban J connectivity index is 1.88. The van der Waals surface area contributed by atoms with E-state index >= 15 is 0 Å². The van der Waals surface area contributed by atoms with E-state index in [2.05, 4.69) is 55.5 Å². The zero-order valence-corrected chi connectivity index (χ0v) is 23.6. The molecule has 0 saturated carbocycles. The Labute approximate surface area is 218 Å². The fourth-order valence-corrected chi connectivity index (χ4v) is 3.97. The zero-order valence-electron chi connectivity index (χ0n) is 23.6. The first-order chi connectivity index (χ1) is 16.7. The third kappa shape index (κ3) is 9.09. The number of quaternary nitrogens is 1. The second-order valence-corrected chi connectivity index (χ2v) is 12.1. The van der Waals surface area contributed by atoms with Crippen LogP contribution in [0, 0.1) is 0 Å². The predicted octanol–water partition coefficient (Wildman–Crippen LogP) is 6.54. The van der Waals surface area contributed by atoms with Crippen molar-refractivity contribution in [3.63, 3.8) is 0 Å². The topological polar surface area (TPSA) is 52.6 Å². The van der Waals surface area contributed by atoms with E-state index in [1.165, 1.54) is 11.1 Å². The van der Waals surface area contributed by atoms with Crippen molar-refractivity contribution in [3.05, 3.63) is 70.8 Å². The number of carbonyl (C=O) groups is 2. The third-order valence-electron chi connectivity index (χ3n) is 6.75. The van der Waals surface area contributed by atoms with Crippen LogP contribution in [0.15, 0.2) is 48.5 Å². The number of nitrogens with zero attached hydrogens (tertiary/aromatic N) is 1. The molecule has 0 spiro atoms. The van der Waals surface area contributed by atoms with Gasteiger partial charge in [0.1, 0.15) is 26.3 Å². The van der Waals surface area contributed by atoms with Gasteiger partial charge >= 0.3 is 11.9 Å². The summed E-state index contributed by atoms with van der Waals surface area (Å²) >= 11 is 0. The highest BCUT2D eigenvalue weighted by molar-refractivity contribution is 5.89. The summed E-state index contributed by atoms with van der Waals surface area (Å²) in [5.74, 6) is -0.606. The van der Waals surface area contributed by atoms with Gasteiger partial charge in [-0.1, -0.05) is 79.2 Å². The molecule has 5 heteroatoms. The molecule has 0 aliphatic rings. The molecule has 0 N–H and O–H groups in total. The minimum absolute atomic E-state index is 0.0420. The Morgan fingerprint density at radius 1 is 0.667 bits per heavy atom. The summed E-state index contributed by atoms with van der Waals surface area (Å²) in [6.45, 7) is 18.0. The molecule has 0 aromatic heterocycles. The molecular formula is C31H46NO4+. The van der Waals surface area contributed by atoms with Gasteiger partial charge in [-0.25, -0.2) is 9.59 Å². The number of rotatable bonds is 11. The highest BCUT2D eigenvalue weighted by atomic mass is 16.5. The standard InChI is InChI=1S/C31H46NO4/c1-9-10-19-32(8,20-22-35-28(33)24-11-15-26(16-12-24)30(2,3)4)21-23-36-29(34)25-13-17-27(18-14-25)31(5,6)7/h11-18H,9-10,19-23H2,1-8H3/q+1. The Kier molecular flexibility index (Phi) is 10.3. The summed E-state index contributed by atoms with van der Waals surface area (Å²) in [6, 6.07) is 15.3. The molecule has 0 unspecified atom stereocenters. The molecule has 0 bridgehead atoms. The highest BCUT2D eigenvalue weighted by Crippen LogP contribution is 2.23. The van der Waals surface area contributed by atoms with Gasteiger partial charge in [0.05, 0.1) is 24.7 Å². The molecule has 0 saturated heterocycles. The molecule has 2 aromatic rings. The minimum atomic E-state index is -0.303. The van der Waals surface area contributed by atoms with E-state index in [0.717, 1.165) is 19.4 Å². The molecule has 0 amide bonds. The van der Waals surface area contributed by atoms with Crippen molar-refractivity contribution < 1.29 is 23.5 Å². The molecule has 2 aromatic carbocycles. The number of carbonyl (C=O) groups excluding carboxylic acids is 2. The average molecular weight is 497 g/mol. The minimum Gasteiger partial charge on any atom is -0.456 e. The van der Waals surface area contributed by atoms with Gasteiger partial charge in [-0.05, 0) is 52.6 Å². The summed E-state index contributed by atoms with van der Waals surface area (Å²) in [5, 5.41) is 0. The lowest BCUT2D eigenvalue weighted by Crippen LogP contribution is -2.49. The van der Waals surface area contributed by atoms with Gasteiger partial charge in [0.25, 0.3) is 0 Å². The van der Waals surface area contributed by atoms with Crippen LogP contribution in [0.4, 0.5) is 0 Å². The van der Waals surface area contributed by atoms with Crippen LogP contribution < -0.4 is 0 Å². The SMILES string of the molecule is CCCC[N+](C)(CCOC(=O)c1ccc(C(C)(C)C)cc1)CCOC(=O)c1ccc(C(C)(C)C)cc1. The van der Waals surface area contributed by atoms with E-state index in [-0.39, 0.29) is 22.8 Å². The number of hydrogen-bond acceptors (Lipinski definition) is 4. The predicted molar refractivity (Wildman–Crippen MR) is 147 cm³/mol. The quantitative estimate of drug-likeness (QED) is 0.262.